The number of hydrogen-bond donors (Lipinski definition) is 1. The van der Waals surface area contributed by atoms with Gasteiger partial charge in [-0.15, -0.1) is 11.3 Å². The first-order valence-electron chi connectivity index (χ1n) is 6.93. The summed E-state index contributed by atoms with van der Waals surface area (Å²) in [6.07, 6.45) is 1.93. The number of benzene rings is 1. The van der Waals surface area contributed by atoms with Crippen molar-refractivity contribution in [2.24, 2.45) is 0 Å². The maximum absolute atomic E-state index is 6.44. The van der Waals surface area contributed by atoms with E-state index in [0.29, 0.717) is 0 Å². The molecule has 2 aromatic rings. The summed E-state index contributed by atoms with van der Waals surface area (Å²) < 4.78 is 0.999. The molecule has 0 saturated heterocycles. The summed E-state index contributed by atoms with van der Waals surface area (Å²) in [7, 11) is 0. The fourth-order valence-corrected chi connectivity index (χ4v) is 4.32. The van der Waals surface area contributed by atoms with E-state index in [1.165, 1.54) is 4.88 Å². The van der Waals surface area contributed by atoms with E-state index in [2.05, 4.69) is 39.6 Å². The first-order chi connectivity index (χ1) is 10.0. The third-order valence-corrected chi connectivity index (χ3v) is 5.99. The van der Waals surface area contributed by atoms with Crippen LogP contribution >= 0.6 is 50.5 Å². The van der Waals surface area contributed by atoms with Gasteiger partial charge in [0.2, 0.25) is 0 Å². The van der Waals surface area contributed by atoms with Crippen LogP contribution in [0, 0.1) is 6.92 Å². The second-order valence-electron chi connectivity index (χ2n) is 5.04. The summed E-state index contributed by atoms with van der Waals surface area (Å²) in [6, 6.07) is 6.24. The molecule has 0 aliphatic heterocycles. The Labute approximate surface area is 148 Å². The number of halogens is 3. The minimum atomic E-state index is 0.204. The molecule has 0 spiro atoms. The molecule has 1 N–H and O–H groups in total. The minimum absolute atomic E-state index is 0.204. The molecule has 0 bridgehead atoms. The molecule has 21 heavy (non-hydrogen) atoms. The van der Waals surface area contributed by atoms with Crippen molar-refractivity contribution in [1.29, 1.82) is 0 Å². The first-order valence-corrected chi connectivity index (χ1v) is 9.36. The summed E-state index contributed by atoms with van der Waals surface area (Å²) in [5.74, 6) is 0. The lowest BCUT2D eigenvalue weighted by molar-refractivity contribution is 0.536. The number of rotatable bonds is 6. The van der Waals surface area contributed by atoms with Crippen molar-refractivity contribution in [2.45, 2.75) is 32.7 Å². The van der Waals surface area contributed by atoms with Crippen LogP contribution in [-0.4, -0.2) is 6.54 Å². The fourth-order valence-electron chi connectivity index (χ4n) is 2.17. The van der Waals surface area contributed by atoms with Crippen molar-refractivity contribution in [1.82, 2.24) is 5.32 Å². The molecule has 1 atom stereocenters. The smallest absolute Gasteiger partial charge is 0.0590 e. The normalized spacial score (nSPS) is 12.6. The molecular weight excluding hydrogens is 389 g/mol. The highest BCUT2D eigenvalue weighted by molar-refractivity contribution is 9.10. The number of thiophene rings is 1. The molecule has 0 aliphatic rings. The van der Waals surface area contributed by atoms with Crippen molar-refractivity contribution >= 4 is 50.5 Å². The lowest BCUT2D eigenvalue weighted by Crippen LogP contribution is -2.23. The van der Waals surface area contributed by atoms with Gasteiger partial charge in [0.1, 0.15) is 0 Å². The minimum Gasteiger partial charge on any atom is -0.309 e. The second-order valence-corrected chi connectivity index (χ2v) is 7.66. The van der Waals surface area contributed by atoms with E-state index in [9.17, 15) is 0 Å². The van der Waals surface area contributed by atoms with Gasteiger partial charge in [-0.3, -0.25) is 0 Å². The molecule has 0 radical (unpaired) electrons. The van der Waals surface area contributed by atoms with Crippen LogP contribution in [0.15, 0.2) is 28.1 Å². The van der Waals surface area contributed by atoms with E-state index in [0.717, 1.165) is 45.0 Å². The molecule has 114 valence electrons. The van der Waals surface area contributed by atoms with E-state index in [1.54, 1.807) is 11.3 Å². The Balaban J connectivity index is 2.26. The average molecular weight is 407 g/mol. The Kier molecular flexibility index (Phi) is 6.57. The van der Waals surface area contributed by atoms with E-state index in [4.69, 9.17) is 23.2 Å². The van der Waals surface area contributed by atoms with Gasteiger partial charge in [0, 0.05) is 20.4 Å². The molecule has 0 saturated carbocycles. The maximum atomic E-state index is 6.44. The average Bonchev–Trinajstić information content (AvgIpc) is 2.77. The van der Waals surface area contributed by atoms with Crippen molar-refractivity contribution in [3.05, 3.63) is 54.1 Å². The van der Waals surface area contributed by atoms with E-state index in [-0.39, 0.29) is 6.04 Å². The highest BCUT2D eigenvalue weighted by Crippen LogP contribution is 2.35. The summed E-state index contributed by atoms with van der Waals surface area (Å²) in [4.78, 5) is 1.20. The van der Waals surface area contributed by atoms with E-state index < -0.39 is 0 Å². The Morgan fingerprint density at radius 2 is 2.10 bits per heavy atom. The quantitative estimate of drug-likeness (QED) is 0.584. The standard InChI is InChI=1S/C16H18BrCl2NS/c1-3-6-20-14(16-15(19)10(2)9-21-16)7-11-4-5-12(17)8-13(11)18/h4-5,8-9,14,20H,3,6-7H2,1-2H3. The van der Waals surface area contributed by atoms with Crippen LogP contribution in [0.5, 0.6) is 0 Å². The van der Waals surface area contributed by atoms with Gasteiger partial charge in [0.05, 0.1) is 5.02 Å². The van der Waals surface area contributed by atoms with Crippen molar-refractivity contribution in [3.8, 4) is 0 Å². The van der Waals surface area contributed by atoms with Crippen LogP contribution in [0.3, 0.4) is 0 Å². The third kappa shape index (κ3) is 4.46. The largest absolute Gasteiger partial charge is 0.309 e. The van der Waals surface area contributed by atoms with E-state index in [1.807, 2.05) is 19.1 Å². The Bertz CT molecular complexity index is 612. The van der Waals surface area contributed by atoms with Gasteiger partial charge in [-0.25, -0.2) is 0 Å². The number of nitrogens with one attached hydrogen (secondary N) is 1. The Hall–Kier alpha value is -0.0600. The van der Waals surface area contributed by atoms with Gasteiger partial charge in [-0.2, -0.15) is 0 Å². The molecule has 1 aromatic carbocycles. The number of hydrogen-bond acceptors (Lipinski definition) is 2. The van der Waals surface area contributed by atoms with Crippen LogP contribution < -0.4 is 5.32 Å². The molecule has 1 aromatic heterocycles. The fraction of sp³-hybridized carbons (Fsp3) is 0.375. The van der Waals surface area contributed by atoms with Gasteiger partial charge >= 0.3 is 0 Å². The molecule has 1 unspecified atom stereocenters. The van der Waals surface area contributed by atoms with Crippen LogP contribution in [-0.2, 0) is 6.42 Å². The molecule has 1 heterocycles. The topological polar surface area (TPSA) is 12.0 Å². The monoisotopic (exact) mass is 405 g/mol. The predicted molar refractivity (Wildman–Crippen MR) is 98.0 cm³/mol. The zero-order chi connectivity index (χ0) is 15.4. The lowest BCUT2D eigenvalue weighted by Gasteiger charge is -2.19. The summed E-state index contributed by atoms with van der Waals surface area (Å²) in [5, 5.41) is 7.36. The van der Waals surface area contributed by atoms with Crippen molar-refractivity contribution in [2.75, 3.05) is 6.54 Å². The molecular formula is C16H18BrCl2NS. The SMILES string of the molecule is CCCNC(Cc1ccc(Br)cc1Cl)c1scc(C)c1Cl. The molecule has 0 aliphatic carbocycles. The molecule has 0 amide bonds. The van der Waals surface area contributed by atoms with Crippen molar-refractivity contribution < 1.29 is 0 Å². The van der Waals surface area contributed by atoms with Gasteiger partial charge in [-0.05, 0) is 54.9 Å². The van der Waals surface area contributed by atoms with Crippen molar-refractivity contribution in [3.63, 3.8) is 0 Å². The summed E-state index contributed by atoms with van der Waals surface area (Å²) in [5.41, 5.74) is 2.28. The van der Waals surface area contributed by atoms with Gasteiger partial charge in [-0.1, -0.05) is 52.1 Å². The van der Waals surface area contributed by atoms with E-state index >= 15 is 0 Å². The van der Waals surface area contributed by atoms with Crippen LogP contribution in [0.25, 0.3) is 0 Å². The predicted octanol–water partition coefficient (Wildman–Crippen LogP) is 6.41. The van der Waals surface area contributed by atoms with Crippen LogP contribution in [0.2, 0.25) is 10.0 Å². The molecule has 5 heteroatoms. The Morgan fingerprint density at radius 1 is 1.33 bits per heavy atom. The molecule has 0 fully saturated rings. The van der Waals surface area contributed by atoms with Gasteiger partial charge < -0.3 is 5.32 Å². The summed E-state index contributed by atoms with van der Waals surface area (Å²) >= 11 is 18.0. The highest BCUT2D eigenvalue weighted by atomic mass is 79.9. The third-order valence-electron chi connectivity index (χ3n) is 3.32. The van der Waals surface area contributed by atoms with Gasteiger partial charge in [0.25, 0.3) is 0 Å². The zero-order valence-electron chi connectivity index (χ0n) is 12.1. The number of aryl methyl sites for hydroxylation is 1. The highest BCUT2D eigenvalue weighted by Gasteiger charge is 2.19. The van der Waals surface area contributed by atoms with Crippen LogP contribution in [0.4, 0.5) is 0 Å². The zero-order valence-corrected chi connectivity index (χ0v) is 16.0. The first kappa shape index (κ1) is 17.3. The lowest BCUT2D eigenvalue weighted by atomic mass is 10.0. The Morgan fingerprint density at radius 3 is 2.67 bits per heavy atom. The van der Waals surface area contributed by atoms with Crippen LogP contribution in [0.1, 0.15) is 35.4 Å². The maximum Gasteiger partial charge on any atom is 0.0590 e. The molecule has 2 rings (SSSR count). The van der Waals surface area contributed by atoms with Gasteiger partial charge in [0.15, 0.2) is 0 Å². The second kappa shape index (κ2) is 7.98. The molecule has 1 nitrogen and oxygen atoms in total. The summed E-state index contributed by atoms with van der Waals surface area (Å²) in [6.45, 7) is 5.18.